The number of rotatable bonds is 3. The van der Waals surface area contributed by atoms with Crippen molar-refractivity contribution in [2.24, 2.45) is 11.8 Å². The Labute approximate surface area is 89.1 Å². The quantitative estimate of drug-likeness (QED) is 0.746. The van der Waals surface area contributed by atoms with Crippen molar-refractivity contribution in [1.29, 1.82) is 0 Å². The van der Waals surface area contributed by atoms with Gasteiger partial charge in [-0.3, -0.25) is 0 Å². The summed E-state index contributed by atoms with van der Waals surface area (Å²) in [5, 5.41) is 3.70. The molecule has 2 nitrogen and oxygen atoms in total. The van der Waals surface area contributed by atoms with Crippen LogP contribution in [0.5, 0.6) is 0 Å². The molecule has 3 atom stereocenters. The second-order valence-electron chi connectivity index (χ2n) is 5.41. The molecule has 1 rings (SSSR count). The molecule has 0 radical (unpaired) electrons. The fraction of sp³-hybridized carbons (Fsp3) is 1.00. The molecular weight excluding hydrogens is 172 g/mol. The fourth-order valence-electron chi connectivity index (χ4n) is 2.21. The second kappa shape index (κ2) is 5.13. The van der Waals surface area contributed by atoms with Gasteiger partial charge in [0.15, 0.2) is 0 Å². The van der Waals surface area contributed by atoms with Crippen molar-refractivity contribution in [2.45, 2.75) is 46.2 Å². The Balaban J connectivity index is 2.37. The Morgan fingerprint density at radius 3 is 2.57 bits per heavy atom. The van der Waals surface area contributed by atoms with E-state index in [9.17, 15) is 0 Å². The predicted molar refractivity (Wildman–Crippen MR) is 62.5 cm³/mol. The average Bonchev–Trinajstić information content (AvgIpc) is 2.09. The lowest BCUT2D eigenvalue weighted by atomic mass is 9.89. The van der Waals surface area contributed by atoms with Crippen LogP contribution in [0.4, 0.5) is 0 Å². The van der Waals surface area contributed by atoms with Crippen LogP contribution in [0, 0.1) is 11.8 Å². The number of likely N-dealkylation sites (tertiary alicyclic amines) is 1. The number of nitrogens with zero attached hydrogens (tertiary/aromatic N) is 1. The zero-order valence-electron chi connectivity index (χ0n) is 10.4. The Bertz CT molecular complexity index is 168. The molecule has 0 aromatic heterocycles. The second-order valence-corrected chi connectivity index (χ2v) is 5.41. The molecule has 14 heavy (non-hydrogen) atoms. The minimum atomic E-state index is 0.726. The topological polar surface area (TPSA) is 15.3 Å². The summed E-state index contributed by atoms with van der Waals surface area (Å²) in [5.74, 6) is 1.55. The molecule has 2 heteroatoms. The first-order chi connectivity index (χ1) is 6.50. The minimum Gasteiger partial charge on any atom is -0.313 e. The van der Waals surface area contributed by atoms with Crippen LogP contribution in [-0.4, -0.2) is 37.1 Å². The number of nitrogens with one attached hydrogen (secondary N) is 1. The molecular formula is C12H26N2. The molecule has 0 amide bonds. The van der Waals surface area contributed by atoms with E-state index in [1.54, 1.807) is 0 Å². The van der Waals surface area contributed by atoms with Crippen LogP contribution in [0.25, 0.3) is 0 Å². The summed E-state index contributed by atoms with van der Waals surface area (Å²) >= 11 is 0. The Morgan fingerprint density at radius 1 is 1.36 bits per heavy atom. The van der Waals surface area contributed by atoms with Gasteiger partial charge in [-0.05, 0) is 38.8 Å². The van der Waals surface area contributed by atoms with Crippen molar-refractivity contribution in [3.63, 3.8) is 0 Å². The highest BCUT2D eigenvalue weighted by Gasteiger charge is 2.28. The van der Waals surface area contributed by atoms with Crippen molar-refractivity contribution in [3.05, 3.63) is 0 Å². The molecule has 0 aliphatic carbocycles. The molecule has 0 saturated carbocycles. The average molecular weight is 198 g/mol. The maximum atomic E-state index is 3.70. The standard InChI is InChI=1S/C12H26N2/c1-9(2)7-13-12-6-11(4)14(5)8-10(12)3/h9-13H,6-8H2,1-5H3/t10-,11+,12+/m1/s1. The molecule has 0 bridgehead atoms. The van der Waals surface area contributed by atoms with Crippen LogP contribution < -0.4 is 5.32 Å². The number of hydrogen-bond acceptors (Lipinski definition) is 2. The first kappa shape index (κ1) is 12.0. The van der Waals surface area contributed by atoms with Gasteiger partial charge in [0.2, 0.25) is 0 Å². The summed E-state index contributed by atoms with van der Waals surface area (Å²) in [7, 11) is 2.24. The summed E-state index contributed by atoms with van der Waals surface area (Å²) < 4.78 is 0. The van der Waals surface area contributed by atoms with E-state index in [0.717, 1.165) is 30.5 Å². The van der Waals surface area contributed by atoms with Crippen molar-refractivity contribution in [1.82, 2.24) is 10.2 Å². The number of hydrogen-bond donors (Lipinski definition) is 1. The SMILES string of the molecule is CC(C)CN[C@H]1C[C@H](C)N(C)C[C@H]1C. The smallest absolute Gasteiger partial charge is 0.0120 e. The highest BCUT2D eigenvalue weighted by atomic mass is 15.2. The molecule has 1 aliphatic rings. The maximum Gasteiger partial charge on any atom is 0.0120 e. The first-order valence-electron chi connectivity index (χ1n) is 5.94. The van der Waals surface area contributed by atoms with Gasteiger partial charge in [-0.25, -0.2) is 0 Å². The summed E-state index contributed by atoms with van der Waals surface area (Å²) in [6, 6.07) is 1.46. The van der Waals surface area contributed by atoms with Crippen LogP contribution in [0.15, 0.2) is 0 Å². The van der Waals surface area contributed by atoms with Crippen LogP contribution >= 0.6 is 0 Å². The lowest BCUT2D eigenvalue weighted by Gasteiger charge is -2.40. The normalized spacial score (nSPS) is 35.1. The van der Waals surface area contributed by atoms with Gasteiger partial charge < -0.3 is 10.2 Å². The summed E-state index contributed by atoms with van der Waals surface area (Å²) in [6.07, 6.45) is 1.30. The van der Waals surface area contributed by atoms with Gasteiger partial charge in [-0.15, -0.1) is 0 Å². The third-order valence-corrected chi connectivity index (χ3v) is 3.40. The zero-order chi connectivity index (χ0) is 10.7. The van der Waals surface area contributed by atoms with Crippen LogP contribution in [0.3, 0.4) is 0 Å². The van der Waals surface area contributed by atoms with Crippen molar-refractivity contribution in [3.8, 4) is 0 Å². The molecule has 1 heterocycles. The Morgan fingerprint density at radius 2 is 2.00 bits per heavy atom. The lowest BCUT2D eigenvalue weighted by molar-refractivity contribution is 0.120. The van der Waals surface area contributed by atoms with E-state index in [1.807, 2.05) is 0 Å². The van der Waals surface area contributed by atoms with E-state index in [4.69, 9.17) is 0 Å². The molecule has 1 N–H and O–H groups in total. The van der Waals surface area contributed by atoms with E-state index in [0.29, 0.717) is 0 Å². The summed E-state index contributed by atoms with van der Waals surface area (Å²) in [6.45, 7) is 11.6. The van der Waals surface area contributed by atoms with E-state index in [2.05, 4.69) is 45.0 Å². The molecule has 1 aliphatic heterocycles. The van der Waals surface area contributed by atoms with Gasteiger partial charge in [-0.1, -0.05) is 20.8 Å². The lowest BCUT2D eigenvalue weighted by Crippen LogP contribution is -2.51. The van der Waals surface area contributed by atoms with Gasteiger partial charge in [-0.2, -0.15) is 0 Å². The third kappa shape index (κ3) is 3.25. The Kier molecular flexibility index (Phi) is 4.39. The van der Waals surface area contributed by atoms with Crippen molar-refractivity contribution in [2.75, 3.05) is 20.1 Å². The van der Waals surface area contributed by atoms with E-state index in [1.165, 1.54) is 13.0 Å². The Hall–Kier alpha value is -0.0800. The maximum absolute atomic E-state index is 3.70. The van der Waals surface area contributed by atoms with E-state index >= 15 is 0 Å². The molecule has 84 valence electrons. The van der Waals surface area contributed by atoms with Crippen molar-refractivity contribution < 1.29 is 0 Å². The largest absolute Gasteiger partial charge is 0.313 e. The molecule has 0 unspecified atom stereocenters. The molecule has 1 fully saturated rings. The van der Waals surface area contributed by atoms with Gasteiger partial charge in [0, 0.05) is 18.6 Å². The monoisotopic (exact) mass is 198 g/mol. The molecule has 0 aromatic carbocycles. The molecule has 0 spiro atoms. The zero-order valence-corrected chi connectivity index (χ0v) is 10.4. The highest BCUT2D eigenvalue weighted by Crippen LogP contribution is 2.20. The van der Waals surface area contributed by atoms with Gasteiger partial charge >= 0.3 is 0 Å². The summed E-state index contributed by atoms with van der Waals surface area (Å²) in [5.41, 5.74) is 0. The highest BCUT2D eigenvalue weighted by molar-refractivity contribution is 4.86. The van der Waals surface area contributed by atoms with Gasteiger partial charge in [0.05, 0.1) is 0 Å². The number of piperidine rings is 1. The van der Waals surface area contributed by atoms with E-state index in [-0.39, 0.29) is 0 Å². The third-order valence-electron chi connectivity index (χ3n) is 3.40. The fourth-order valence-corrected chi connectivity index (χ4v) is 2.21. The van der Waals surface area contributed by atoms with Gasteiger partial charge in [0.1, 0.15) is 0 Å². The van der Waals surface area contributed by atoms with Crippen LogP contribution in [0.2, 0.25) is 0 Å². The van der Waals surface area contributed by atoms with Crippen LogP contribution in [-0.2, 0) is 0 Å². The molecule has 1 saturated heterocycles. The van der Waals surface area contributed by atoms with E-state index < -0.39 is 0 Å². The van der Waals surface area contributed by atoms with Gasteiger partial charge in [0.25, 0.3) is 0 Å². The minimum absolute atomic E-state index is 0.726. The van der Waals surface area contributed by atoms with Crippen molar-refractivity contribution >= 4 is 0 Å². The summed E-state index contributed by atoms with van der Waals surface area (Å²) in [4.78, 5) is 2.47. The first-order valence-corrected chi connectivity index (χ1v) is 5.94. The van der Waals surface area contributed by atoms with Crippen LogP contribution in [0.1, 0.15) is 34.1 Å². The molecule has 0 aromatic rings. The predicted octanol–water partition coefficient (Wildman–Crippen LogP) is 1.96.